The van der Waals surface area contributed by atoms with Gasteiger partial charge in [0.15, 0.2) is 5.78 Å². The Morgan fingerprint density at radius 2 is 1.70 bits per heavy atom. The van der Waals surface area contributed by atoms with E-state index in [1.54, 1.807) is 36.4 Å². The smallest absolute Gasteiger partial charge is 0.186 e. The van der Waals surface area contributed by atoms with E-state index in [4.69, 9.17) is 32.7 Å². The highest BCUT2D eigenvalue weighted by molar-refractivity contribution is 6.42. The molecule has 3 aromatic rings. The van der Waals surface area contributed by atoms with Gasteiger partial charge in [0.1, 0.15) is 11.5 Å². The van der Waals surface area contributed by atoms with Crippen molar-refractivity contribution in [3.8, 4) is 22.8 Å². The molecule has 1 aromatic heterocycles. The van der Waals surface area contributed by atoms with Gasteiger partial charge < -0.3 is 9.47 Å². The van der Waals surface area contributed by atoms with E-state index in [1.165, 1.54) is 20.3 Å². The molecular formula is C20H16Cl2N2O3. The third-order valence-electron chi connectivity index (χ3n) is 3.86. The summed E-state index contributed by atoms with van der Waals surface area (Å²) in [6.45, 7) is 0. The first-order valence-electron chi connectivity index (χ1n) is 7.96. The molecule has 1 N–H and O–H groups in total. The van der Waals surface area contributed by atoms with Crippen LogP contribution in [0, 0.1) is 0 Å². The number of carbonyl (C=O) groups is 1. The minimum absolute atomic E-state index is 0.183. The highest BCUT2D eigenvalue weighted by Crippen LogP contribution is 2.28. The van der Waals surface area contributed by atoms with Crippen molar-refractivity contribution < 1.29 is 14.3 Å². The zero-order chi connectivity index (χ0) is 19.4. The molecule has 0 fully saturated rings. The number of aromatic nitrogens is 2. The molecule has 0 aliphatic carbocycles. The molecular weight excluding hydrogens is 387 g/mol. The zero-order valence-corrected chi connectivity index (χ0v) is 16.1. The Kier molecular flexibility index (Phi) is 5.84. The number of benzene rings is 2. The summed E-state index contributed by atoms with van der Waals surface area (Å²) < 4.78 is 10.4. The van der Waals surface area contributed by atoms with Gasteiger partial charge in [-0.1, -0.05) is 29.3 Å². The van der Waals surface area contributed by atoms with E-state index in [0.717, 1.165) is 5.56 Å². The quantitative estimate of drug-likeness (QED) is 0.448. The molecule has 0 spiro atoms. The number of rotatable bonds is 6. The number of carbonyl (C=O) groups excluding carboxylic acids is 1. The van der Waals surface area contributed by atoms with Crippen molar-refractivity contribution in [1.29, 1.82) is 0 Å². The SMILES string of the molecule is COc1cc(OC)cc(C(=O)C=Cc2cc(-c3ccc(Cl)c(Cl)c3)n[nH]2)c1. The average Bonchev–Trinajstić information content (AvgIpc) is 3.16. The molecule has 7 heteroatoms. The molecule has 0 amide bonds. The van der Waals surface area contributed by atoms with Crippen molar-refractivity contribution in [2.75, 3.05) is 14.2 Å². The van der Waals surface area contributed by atoms with Gasteiger partial charge in [0.25, 0.3) is 0 Å². The summed E-state index contributed by atoms with van der Waals surface area (Å²) in [7, 11) is 3.07. The molecule has 5 nitrogen and oxygen atoms in total. The number of aromatic amines is 1. The van der Waals surface area contributed by atoms with E-state index in [2.05, 4.69) is 10.2 Å². The lowest BCUT2D eigenvalue weighted by molar-refractivity contribution is 0.104. The molecule has 0 unspecified atom stereocenters. The van der Waals surface area contributed by atoms with Crippen LogP contribution in [0.3, 0.4) is 0 Å². The molecule has 3 rings (SSSR count). The van der Waals surface area contributed by atoms with Crippen LogP contribution in [-0.4, -0.2) is 30.2 Å². The van der Waals surface area contributed by atoms with Crippen LogP contribution in [0.4, 0.5) is 0 Å². The number of nitrogens with zero attached hydrogens (tertiary/aromatic N) is 1. The Bertz CT molecular complexity index is 990. The third kappa shape index (κ3) is 4.51. The van der Waals surface area contributed by atoms with E-state index in [9.17, 15) is 4.79 Å². The predicted octanol–water partition coefficient (Wildman–Crippen LogP) is 5.30. The maximum Gasteiger partial charge on any atom is 0.186 e. The topological polar surface area (TPSA) is 64.2 Å². The van der Waals surface area contributed by atoms with Crippen LogP contribution < -0.4 is 9.47 Å². The average molecular weight is 403 g/mol. The normalized spacial score (nSPS) is 11.0. The number of allylic oxidation sites excluding steroid dienone is 1. The predicted molar refractivity (Wildman–Crippen MR) is 107 cm³/mol. The number of halogens is 2. The van der Waals surface area contributed by atoms with Crippen LogP contribution >= 0.6 is 23.2 Å². The van der Waals surface area contributed by atoms with Gasteiger partial charge in [0, 0.05) is 17.2 Å². The largest absolute Gasteiger partial charge is 0.497 e. The second kappa shape index (κ2) is 8.29. The number of hydrogen-bond donors (Lipinski definition) is 1. The first-order valence-corrected chi connectivity index (χ1v) is 8.72. The van der Waals surface area contributed by atoms with E-state index < -0.39 is 0 Å². The Balaban J connectivity index is 1.79. The van der Waals surface area contributed by atoms with Gasteiger partial charge >= 0.3 is 0 Å². The van der Waals surface area contributed by atoms with Gasteiger partial charge in [-0.15, -0.1) is 0 Å². The zero-order valence-electron chi connectivity index (χ0n) is 14.6. The minimum Gasteiger partial charge on any atom is -0.497 e. The highest BCUT2D eigenvalue weighted by atomic mass is 35.5. The van der Waals surface area contributed by atoms with Gasteiger partial charge in [-0.05, 0) is 42.5 Å². The number of nitrogens with one attached hydrogen (secondary N) is 1. The lowest BCUT2D eigenvalue weighted by atomic mass is 10.1. The van der Waals surface area contributed by atoms with Crippen molar-refractivity contribution in [2.45, 2.75) is 0 Å². The molecule has 0 atom stereocenters. The summed E-state index contributed by atoms with van der Waals surface area (Å²) in [5.74, 6) is 0.918. The Morgan fingerprint density at radius 3 is 2.33 bits per heavy atom. The van der Waals surface area contributed by atoms with E-state index in [-0.39, 0.29) is 5.78 Å². The molecule has 0 saturated heterocycles. The Labute approximate surface area is 166 Å². The van der Waals surface area contributed by atoms with Crippen LogP contribution in [0.15, 0.2) is 48.5 Å². The molecule has 1 heterocycles. The number of hydrogen-bond acceptors (Lipinski definition) is 4. The summed E-state index contributed by atoms with van der Waals surface area (Å²) in [5, 5.41) is 8.05. The molecule has 2 aromatic carbocycles. The van der Waals surface area contributed by atoms with Crippen LogP contribution in [-0.2, 0) is 0 Å². The van der Waals surface area contributed by atoms with Crippen molar-refractivity contribution in [1.82, 2.24) is 10.2 Å². The third-order valence-corrected chi connectivity index (χ3v) is 4.60. The minimum atomic E-state index is -0.183. The van der Waals surface area contributed by atoms with Crippen molar-refractivity contribution >= 4 is 35.1 Å². The molecule has 0 bridgehead atoms. The van der Waals surface area contributed by atoms with Crippen LogP contribution in [0.2, 0.25) is 10.0 Å². The molecule has 0 aliphatic rings. The molecule has 0 saturated carbocycles. The highest BCUT2D eigenvalue weighted by Gasteiger charge is 2.09. The van der Waals surface area contributed by atoms with Crippen molar-refractivity contribution in [2.24, 2.45) is 0 Å². The summed E-state index contributed by atoms with van der Waals surface area (Å²) in [5.41, 5.74) is 2.67. The monoisotopic (exact) mass is 402 g/mol. The summed E-state index contributed by atoms with van der Waals surface area (Å²) in [6, 6.07) is 12.1. The Hall–Kier alpha value is -2.76. The lowest BCUT2D eigenvalue weighted by Gasteiger charge is -2.06. The fourth-order valence-electron chi connectivity index (χ4n) is 2.44. The van der Waals surface area contributed by atoms with Crippen molar-refractivity contribution in [3.05, 3.63) is 69.8 Å². The Morgan fingerprint density at radius 1 is 1.00 bits per heavy atom. The summed E-state index contributed by atoms with van der Waals surface area (Å²) >= 11 is 12.0. The summed E-state index contributed by atoms with van der Waals surface area (Å²) in [4.78, 5) is 12.4. The van der Waals surface area contributed by atoms with Gasteiger partial charge in [-0.25, -0.2) is 0 Å². The van der Waals surface area contributed by atoms with Crippen LogP contribution in [0.1, 0.15) is 16.1 Å². The van der Waals surface area contributed by atoms with E-state index in [1.807, 2.05) is 12.1 Å². The maximum atomic E-state index is 12.4. The fourth-order valence-corrected chi connectivity index (χ4v) is 2.73. The molecule has 0 aliphatic heterocycles. The number of H-pyrrole nitrogens is 1. The summed E-state index contributed by atoms with van der Waals surface area (Å²) in [6.07, 6.45) is 3.11. The van der Waals surface area contributed by atoms with Crippen molar-refractivity contribution in [3.63, 3.8) is 0 Å². The molecule has 138 valence electrons. The second-order valence-corrected chi connectivity index (χ2v) is 6.45. The van der Waals surface area contributed by atoms with Gasteiger partial charge in [-0.3, -0.25) is 9.89 Å². The van der Waals surface area contributed by atoms with E-state index in [0.29, 0.717) is 38.5 Å². The maximum absolute atomic E-state index is 12.4. The second-order valence-electron chi connectivity index (χ2n) is 5.64. The number of ether oxygens (including phenoxy) is 2. The van der Waals surface area contributed by atoms with E-state index >= 15 is 0 Å². The van der Waals surface area contributed by atoms with Crippen LogP contribution in [0.25, 0.3) is 17.3 Å². The number of ketones is 1. The van der Waals surface area contributed by atoms with Gasteiger partial charge in [-0.2, -0.15) is 5.10 Å². The van der Waals surface area contributed by atoms with Gasteiger partial charge in [0.05, 0.1) is 35.7 Å². The van der Waals surface area contributed by atoms with Crippen LogP contribution in [0.5, 0.6) is 11.5 Å². The lowest BCUT2D eigenvalue weighted by Crippen LogP contribution is -1.97. The fraction of sp³-hybridized carbons (Fsp3) is 0.100. The number of methoxy groups -OCH3 is 2. The first-order chi connectivity index (χ1) is 13.0. The molecule has 0 radical (unpaired) electrons. The molecule has 27 heavy (non-hydrogen) atoms. The standard InChI is InChI=1S/C20H16Cl2N2O3/c1-26-15-7-13(8-16(11-15)27-2)20(25)6-4-14-10-19(24-23-14)12-3-5-17(21)18(22)9-12/h3-11H,1-2H3,(H,23,24). The van der Waals surface area contributed by atoms with Gasteiger partial charge in [0.2, 0.25) is 0 Å². The first kappa shape index (κ1) is 19.0.